The highest BCUT2D eigenvalue weighted by atomic mass is 16.6. The van der Waals surface area contributed by atoms with E-state index in [4.69, 9.17) is 25.5 Å². The summed E-state index contributed by atoms with van der Waals surface area (Å²) in [6.45, 7) is 1.99. The smallest absolute Gasteiger partial charge is 0.407 e. The van der Waals surface area contributed by atoms with Gasteiger partial charge in [0.1, 0.15) is 23.8 Å². The lowest BCUT2D eigenvalue weighted by molar-refractivity contribution is -0.144. The van der Waals surface area contributed by atoms with Gasteiger partial charge in [-0.15, -0.1) is 0 Å². The van der Waals surface area contributed by atoms with Gasteiger partial charge in [-0.2, -0.15) is 0 Å². The maximum Gasteiger partial charge on any atom is 0.407 e. The zero-order valence-electron chi connectivity index (χ0n) is 25.3. The SMILES string of the molecule is CCCCOC(=O)NC(C(=O)OC)[C@H](NC(=O)CC1CC(c2ccc(C(=N)N)cc2)=NO1)NC(=O)c1[nH]c2ccccc2c1C=O. The van der Waals surface area contributed by atoms with Crippen LogP contribution in [0.3, 0.4) is 0 Å². The summed E-state index contributed by atoms with van der Waals surface area (Å²) in [7, 11) is 1.08. The Morgan fingerprint density at radius 1 is 1.13 bits per heavy atom. The molecule has 1 aliphatic heterocycles. The van der Waals surface area contributed by atoms with Crippen molar-refractivity contribution in [3.05, 3.63) is 70.9 Å². The molecule has 7 N–H and O–H groups in total. The summed E-state index contributed by atoms with van der Waals surface area (Å²) < 4.78 is 9.98. The number of carbonyl (C=O) groups is 5. The van der Waals surface area contributed by atoms with Gasteiger partial charge < -0.3 is 41.0 Å². The summed E-state index contributed by atoms with van der Waals surface area (Å²) >= 11 is 0. The average Bonchev–Trinajstić information content (AvgIpc) is 3.67. The highest BCUT2D eigenvalue weighted by Gasteiger charge is 2.36. The van der Waals surface area contributed by atoms with Gasteiger partial charge in [-0.05, 0) is 18.1 Å². The summed E-state index contributed by atoms with van der Waals surface area (Å²) in [6, 6.07) is 12.0. The van der Waals surface area contributed by atoms with Crippen molar-refractivity contribution in [1.29, 1.82) is 5.41 Å². The number of rotatable bonds is 14. The molecule has 0 aliphatic carbocycles. The zero-order valence-corrected chi connectivity index (χ0v) is 25.3. The van der Waals surface area contributed by atoms with Crippen LogP contribution in [-0.2, 0) is 23.9 Å². The fourth-order valence-corrected chi connectivity index (χ4v) is 4.75. The number of fused-ring (bicyclic) bond motifs is 1. The van der Waals surface area contributed by atoms with Gasteiger partial charge in [0.25, 0.3) is 5.91 Å². The molecule has 46 heavy (non-hydrogen) atoms. The number of carbonyl (C=O) groups excluding carboxylic acids is 5. The molecular weight excluding hydrogens is 598 g/mol. The number of hydrogen-bond donors (Lipinski definition) is 6. The van der Waals surface area contributed by atoms with Crippen molar-refractivity contribution in [2.24, 2.45) is 10.9 Å². The van der Waals surface area contributed by atoms with Gasteiger partial charge in [0.15, 0.2) is 12.3 Å². The molecule has 2 unspecified atom stereocenters. The summed E-state index contributed by atoms with van der Waals surface area (Å²) in [4.78, 5) is 72.5. The zero-order chi connectivity index (χ0) is 33.2. The third kappa shape index (κ3) is 8.05. The van der Waals surface area contributed by atoms with Crippen molar-refractivity contribution in [3.8, 4) is 0 Å². The van der Waals surface area contributed by atoms with Gasteiger partial charge in [-0.1, -0.05) is 61.0 Å². The monoisotopic (exact) mass is 633 g/mol. The van der Waals surface area contributed by atoms with Crippen LogP contribution in [0, 0.1) is 5.41 Å². The van der Waals surface area contributed by atoms with Gasteiger partial charge in [-0.3, -0.25) is 19.8 Å². The quantitative estimate of drug-likeness (QED) is 0.0381. The number of amidine groups is 1. The van der Waals surface area contributed by atoms with Gasteiger partial charge in [0.2, 0.25) is 5.91 Å². The molecule has 242 valence electrons. The molecule has 2 heterocycles. The lowest BCUT2D eigenvalue weighted by Crippen LogP contribution is -2.63. The molecule has 0 fully saturated rings. The first kappa shape index (κ1) is 33.2. The number of benzene rings is 2. The average molecular weight is 634 g/mol. The first-order valence-electron chi connectivity index (χ1n) is 14.5. The minimum atomic E-state index is -1.62. The Morgan fingerprint density at radius 2 is 1.87 bits per heavy atom. The normalized spacial score (nSPS) is 15.1. The number of aldehydes is 1. The van der Waals surface area contributed by atoms with E-state index >= 15 is 0 Å². The third-order valence-corrected chi connectivity index (χ3v) is 7.16. The van der Waals surface area contributed by atoms with Gasteiger partial charge >= 0.3 is 12.1 Å². The number of amides is 3. The molecule has 15 nitrogen and oxygen atoms in total. The maximum atomic E-state index is 13.5. The fourth-order valence-electron chi connectivity index (χ4n) is 4.75. The molecular formula is C31H35N7O8. The van der Waals surface area contributed by atoms with Gasteiger partial charge in [0, 0.05) is 22.9 Å². The minimum Gasteiger partial charge on any atom is -0.467 e. The van der Waals surface area contributed by atoms with E-state index in [2.05, 4.69) is 26.1 Å². The molecule has 1 aliphatic rings. The van der Waals surface area contributed by atoms with E-state index in [1.807, 2.05) is 6.92 Å². The van der Waals surface area contributed by atoms with E-state index in [0.717, 1.165) is 19.1 Å². The number of oxime groups is 1. The van der Waals surface area contributed by atoms with Crippen LogP contribution < -0.4 is 21.7 Å². The van der Waals surface area contributed by atoms with Gasteiger partial charge in [0.05, 0.1) is 31.4 Å². The molecule has 3 atom stereocenters. The van der Waals surface area contributed by atoms with Crippen LogP contribution in [-0.4, -0.2) is 78.7 Å². The molecule has 0 radical (unpaired) electrons. The van der Waals surface area contributed by atoms with Crippen molar-refractivity contribution in [3.63, 3.8) is 0 Å². The van der Waals surface area contributed by atoms with Gasteiger partial charge in [-0.25, -0.2) is 9.59 Å². The lowest BCUT2D eigenvalue weighted by Gasteiger charge is -2.27. The number of hydrogen-bond acceptors (Lipinski definition) is 10. The number of alkyl carbamates (subject to hydrolysis) is 1. The number of unbranched alkanes of at least 4 members (excludes halogenated alkanes) is 1. The third-order valence-electron chi connectivity index (χ3n) is 7.16. The molecule has 2 aromatic carbocycles. The largest absolute Gasteiger partial charge is 0.467 e. The highest BCUT2D eigenvalue weighted by Crippen LogP contribution is 2.22. The van der Waals surface area contributed by atoms with E-state index in [0.29, 0.717) is 34.9 Å². The second kappa shape index (κ2) is 15.3. The number of nitrogens with one attached hydrogen (secondary N) is 5. The molecule has 0 saturated heterocycles. The Hall–Kier alpha value is -5.73. The van der Waals surface area contributed by atoms with Crippen LogP contribution in [0.1, 0.15) is 64.6 Å². The molecule has 0 saturated carbocycles. The Balaban J connectivity index is 1.52. The number of methoxy groups -OCH3 is 1. The Bertz CT molecular complexity index is 1650. The summed E-state index contributed by atoms with van der Waals surface area (Å²) in [5.41, 5.74) is 7.82. The first-order valence-corrected chi connectivity index (χ1v) is 14.5. The predicted octanol–water partition coefficient (Wildman–Crippen LogP) is 2.09. The van der Waals surface area contributed by atoms with Crippen molar-refractivity contribution in [1.82, 2.24) is 20.9 Å². The van der Waals surface area contributed by atoms with Crippen LogP contribution in [0.4, 0.5) is 4.79 Å². The number of nitrogens with two attached hydrogens (primary N) is 1. The molecule has 3 aromatic rings. The second-order valence-corrected chi connectivity index (χ2v) is 10.4. The summed E-state index contributed by atoms with van der Waals surface area (Å²) in [5, 5.41) is 19.6. The Morgan fingerprint density at radius 3 is 2.54 bits per heavy atom. The number of aromatic nitrogens is 1. The molecule has 0 spiro atoms. The molecule has 4 rings (SSSR count). The number of aromatic amines is 1. The molecule has 15 heteroatoms. The van der Waals surface area contributed by atoms with E-state index in [-0.39, 0.29) is 36.5 Å². The number of esters is 1. The highest BCUT2D eigenvalue weighted by molar-refractivity contribution is 6.10. The van der Waals surface area contributed by atoms with E-state index in [1.54, 1.807) is 48.5 Å². The predicted molar refractivity (Wildman–Crippen MR) is 166 cm³/mol. The molecule has 3 amide bonds. The van der Waals surface area contributed by atoms with Crippen LogP contribution in [0.15, 0.2) is 53.7 Å². The van der Waals surface area contributed by atoms with Crippen LogP contribution in [0.5, 0.6) is 0 Å². The summed E-state index contributed by atoms with van der Waals surface area (Å²) in [6.07, 6.45) is -1.31. The standard InChI is InChI=1S/C31H35N7O8/c1-3-4-13-45-31(43)36-26(30(42)44-2)28(37-29(41)25-21(16-39)20-7-5-6-8-22(20)34-25)35-24(40)15-19-14-23(38-46-19)17-9-11-18(12-10-17)27(32)33/h5-12,16,19,26,28,34H,3-4,13-15H2,1-2H3,(H3,32,33)(H,35,40)(H,36,43)(H,37,41)/t19?,26?,28-/m1/s1. The van der Waals surface area contributed by atoms with Crippen molar-refractivity contribution < 1.29 is 38.3 Å². The topological polar surface area (TPSA) is 227 Å². The van der Waals surface area contributed by atoms with E-state index in [9.17, 15) is 24.0 Å². The first-order chi connectivity index (χ1) is 22.1. The number of ether oxygens (including phenoxy) is 2. The van der Waals surface area contributed by atoms with E-state index < -0.39 is 42.2 Å². The number of H-pyrrole nitrogens is 1. The Labute approximate surface area is 263 Å². The Kier molecular flexibility index (Phi) is 11.0. The van der Waals surface area contributed by atoms with Crippen LogP contribution in [0.25, 0.3) is 10.9 Å². The number of nitrogens with zero attached hydrogens (tertiary/aromatic N) is 1. The van der Waals surface area contributed by atoms with Crippen molar-refractivity contribution in [2.45, 2.75) is 50.9 Å². The number of nitrogen functional groups attached to an aromatic ring is 1. The minimum absolute atomic E-state index is 0.0695. The summed E-state index contributed by atoms with van der Waals surface area (Å²) in [5.74, 6) is -2.55. The fraction of sp³-hybridized carbons (Fsp3) is 0.323. The van der Waals surface area contributed by atoms with Crippen molar-refractivity contribution in [2.75, 3.05) is 13.7 Å². The van der Waals surface area contributed by atoms with Crippen LogP contribution in [0.2, 0.25) is 0 Å². The van der Waals surface area contributed by atoms with Crippen LogP contribution >= 0.6 is 0 Å². The maximum absolute atomic E-state index is 13.5. The molecule has 0 bridgehead atoms. The molecule has 1 aromatic heterocycles. The lowest BCUT2D eigenvalue weighted by atomic mass is 10.0. The second-order valence-electron chi connectivity index (χ2n) is 10.4. The van der Waals surface area contributed by atoms with E-state index in [1.165, 1.54) is 0 Å². The van der Waals surface area contributed by atoms with Crippen molar-refractivity contribution >= 4 is 52.6 Å². The number of para-hydroxylation sites is 1.